The van der Waals surface area contributed by atoms with Crippen LogP contribution in [0.25, 0.3) is 21.8 Å². The highest BCUT2D eigenvalue weighted by atomic mass is 16.5. The molecule has 0 N–H and O–H groups in total. The summed E-state index contributed by atoms with van der Waals surface area (Å²) in [5.74, 6) is 0.944. The van der Waals surface area contributed by atoms with E-state index >= 15 is 0 Å². The van der Waals surface area contributed by atoms with Gasteiger partial charge in [0.05, 0.1) is 23.9 Å². The molecule has 0 spiro atoms. The van der Waals surface area contributed by atoms with Crippen LogP contribution in [0.15, 0.2) is 65.7 Å². The fourth-order valence-corrected chi connectivity index (χ4v) is 7.04. The number of nitrogens with zero attached hydrogens (tertiary/aromatic N) is 5. The summed E-state index contributed by atoms with van der Waals surface area (Å²) >= 11 is 0. The van der Waals surface area contributed by atoms with E-state index in [4.69, 9.17) is 4.74 Å². The van der Waals surface area contributed by atoms with Crippen LogP contribution >= 0.6 is 0 Å². The maximum absolute atomic E-state index is 13.0. The van der Waals surface area contributed by atoms with Gasteiger partial charge in [0.1, 0.15) is 5.75 Å². The second-order valence-corrected chi connectivity index (χ2v) is 12.0. The van der Waals surface area contributed by atoms with Gasteiger partial charge in [-0.15, -0.1) is 0 Å². The van der Waals surface area contributed by atoms with E-state index in [2.05, 4.69) is 67.9 Å². The largest absolute Gasteiger partial charge is 0.493 e. The van der Waals surface area contributed by atoms with Gasteiger partial charge in [0.25, 0.3) is 5.91 Å². The Morgan fingerprint density at radius 3 is 2.21 bits per heavy atom. The Bertz CT molecular complexity index is 1560. The second kappa shape index (κ2) is 11.9. The topological polar surface area (TPSA) is 53.3 Å². The third kappa shape index (κ3) is 5.32. The fraction of sp³-hybridized carbons (Fsp3) is 0.429. The molecule has 3 aliphatic heterocycles. The highest BCUT2D eigenvalue weighted by Gasteiger charge is 2.32. The molecule has 1 amide bonds. The number of hydrogen-bond acceptors (Lipinski definition) is 5. The van der Waals surface area contributed by atoms with Crippen LogP contribution in [0.2, 0.25) is 0 Å². The summed E-state index contributed by atoms with van der Waals surface area (Å²) in [5.41, 5.74) is 5.13. The number of piperazine rings is 1. The number of aliphatic imine (C=N–C) groups is 1. The Morgan fingerprint density at radius 1 is 0.833 bits per heavy atom. The standard InChI is InChI=1S/C35H41N5O2/c1-26-23-30-31(36-25-27-9-6-16-39(27)35(30)41)24-34(26)42-22-8-15-38-20-18-37(19-21-38)14-7-17-40-32-12-4-2-10-28(32)29-11-3-5-13-33(29)40/h2-5,10-13,23-25,27H,6-9,14-22H2,1H3/t27-/m0/s1. The third-order valence-electron chi connectivity index (χ3n) is 9.35. The number of ether oxygens (including phenoxy) is 1. The highest BCUT2D eigenvalue weighted by Crippen LogP contribution is 2.34. The smallest absolute Gasteiger partial charge is 0.256 e. The molecule has 1 aromatic heterocycles. The molecule has 3 aromatic carbocycles. The lowest BCUT2D eigenvalue weighted by Gasteiger charge is -2.34. The van der Waals surface area contributed by atoms with Crippen LogP contribution in [-0.2, 0) is 6.54 Å². The average Bonchev–Trinajstić information content (AvgIpc) is 3.59. The first-order chi connectivity index (χ1) is 20.7. The van der Waals surface area contributed by atoms with E-state index in [-0.39, 0.29) is 11.9 Å². The zero-order valence-electron chi connectivity index (χ0n) is 24.7. The molecular formula is C35H41N5O2. The minimum absolute atomic E-state index is 0.102. The molecule has 218 valence electrons. The molecule has 7 rings (SSSR count). The molecule has 0 unspecified atom stereocenters. The SMILES string of the molecule is Cc1cc2c(cc1OCCCN1CCN(CCCn3c4ccccc4c4ccccc43)CC1)N=C[C@@H]1CCCN1C2=O. The monoisotopic (exact) mass is 563 g/mol. The third-order valence-corrected chi connectivity index (χ3v) is 9.35. The van der Waals surface area contributed by atoms with Crippen LogP contribution in [0.4, 0.5) is 5.69 Å². The predicted molar refractivity (Wildman–Crippen MR) is 170 cm³/mol. The molecule has 42 heavy (non-hydrogen) atoms. The number of benzene rings is 3. The number of carbonyl (C=O) groups excluding carboxylic acids is 1. The maximum atomic E-state index is 13.0. The first kappa shape index (κ1) is 27.2. The van der Waals surface area contributed by atoms with Gasteiger partial charge in [-0.1, -0.05) is 36.4 Å². The van der Waals surface area contributed by atoms with Crippen molar-refractivity contribution in [2.45, 2.75) is 45.2 Å². The van der Waals surface area contributed by atoms with Gasteiger partial charge in [0, 0.05) is 79.9 Å². The molecule has 2 saturated heterocycles. The zero-order chi connectivity index (χ0) is 28.5. The Balaban J connectivity index is 0.861. The minimum Gasteiger partial charge on any atom is -0.493 e. The number of hydrogen-bond donors (Lipinski definition) is 0. The van der Waals surface area contributed by atoms with Crippen LogP contribution < -0.4 is 4.74 Å². The van der Waals surface area contributed by atoms with Gasteiger partial charge in [-0.05, 0) is 62.9 Å². The van der Waals surface area contributed by atoms with E-state index in [9.17, 15) is 4.79 Å². The van der Waals surface area contributed by atoms with E-state index in [0.29, 0.717) is 12.2 Å². The Hall–Kier alpha value is -3.68. The quantitative estimate of drug-likeness (QED) is 0.238. The molecule has 0 radical (unpaired) electrons. The van der Waals surface area contributed by atoms with E-state index in [1.54, 1.807) is 0 Å². The number of amides is 1. The highest BCUT2D eigenvalue weighted by molar-refractivity contribution is 6.08. The van der Waals surface area contributed by atoms with E-state index in [1.165, 1.54) is 21.8 Å². The van der Waals surface area contributed by atoms with Gasteiger partial charge in [-0.3, -0.25) is 9.79 Å². The number of carbonyl (C=O) groups is 1. The van der Waals surface area contributed by atoms with Gasteiger partial charge in [-0.2, -0.15) is 0 Å². The molecule has 0 saturated carbocycles. The Labute approximate surface area is 248 Å². The molecule has 2 fully saturated rings. The summed E-state index contributed by atoms with van der Waals surface area (Å²) < 4.78 is 8.70. The van der Waals surface area contributed by atoms with Gasteiger partial charge in [0.15, 0.2) is 0 Å². The summed E-state index contributed by atoms with van der Waals surface area (Å²) in [5, 5.41) is 2.71. The molecule has 0 aliphatic carbocycles. The average molecular weight is 564 g/mol. The minimum atomic E-state index is 0.102. The first-order valence-corrected chi connectivity index (χ1v) is 15.7. The first-order valence-electron chi connectivity index (χ1n) is 15.7. The van der Waals surface area contributed by atoms with E-state index in [0.717, 1.165) is 95.0 Å². The number of aromatic nitrogens is 1. The van der Waals surface area contributed by atoms with Crippen LogP contribution in [-0.4, -0.2) is 89.9 Å². The van der Waals surface area contributed by atoms with Crippen molar-refractivity contribution in [2.24, 2.45) is 4.99 Å². The lowest BCUT2D eigenvalue weighted by molar-refractivity contribution is 0.0774. The summed E-state index contributed by atoms with van der Waals surface area (Å²) in [6.07, 6.45) is 6.15. The summed E-state index contributed by atoms with van der Waals surface area (Å²) in [4.78, 5) is 24.9. The lowest BCUT2D eigenvalue weighted by atomic mass is 10.1. The van der Waals surface area contributed by atoms with Crippen molar-refractivity contribution in [1.29, 1.82) is 0 Å². The van der Waals surface area contributed by atoms with Crippen molar-refractivity contribution < 1.29 is 9.53 Å². The second-order valence-electron chi connectivity index (χ2n) is 12.0. The van der Waals surface area contributed by atoms with Gasteiger partial charge in [0.2, 0.25) is 0 Å². The van der Waals surface area contributed by atoms with Crippen LogP contribution in [0.1, 0.15) is 41.6 Å². The summed E-state index contributed by atoms with van der Waals surface area (Å²) in [7, 11) is 0. The molecule has 4 aromatic rings. The van der Waals surface area contributed by atoms with Crippen LogP contribution in [0, 0.1) is 6.92 Å². The van der Waals surface area contributed by atoms with Gasteiger partial charge in [-0.25, -0.2) is 0 Å². The molecule has 3 aliphatic rings. The Kier molecular flexibility index (Phi) is 7.70. The fourth-order valence-electron chi connectivity index (χ4n) is 7.04. The van der Waals surface area contributed by atoms with Crippen molar-refractivity contribution in [1.82, 2.24) is 19.3 Å². The van der Waals surface area contributed by atoms with E-state index in [1.807, 2.05) is 30.2 Å². The van der Waals surface area contributed by atoms with Crippen molar-refractivity contribution in [2.75, 3.05) is 52.4 Å². The molecule has 7 nitrogen and oxygen atoms in total. The predicted octanol–water partition coefficient (Wildman–Crippen LogP) is 5.90. The van der Waals surface area contributed by atoms with Crippen molar-refractivity contribution in [3.63, 3.8) is 0 Å². The van der Waals surface area contributed by atoms with Crippen molar-refractivity contribution in [3.8, 4) is 5.75 Å². The summed E-state index contributed by atoms with van der Waals surface area (Å²) in [6.45, 7) is 11.2. The molecule has 1 atom stereocenters. The van der Waals surface area contributed by atoms with Gasteiger partial charge >= 0.3 is 0 Å². The number of rotatable bonds is 9. The van der Waals surface area contributed by atoms with Crippen molar-refractivity contribution in [3.05, 3.63) is 71.8 Å². The normalized spacial score (nSPS) is 19.4. The maximum Gasteiger partial charge on any atom is 0.256 e. The Morgan fingerprint density at radius 2 is 1.50 bits per heavy atom. The van der Waals surface area contributed by atoms with Crippen LogP contribution in [0.5, 0.6) is 5.75 Å². The molecule has 4 heterocycles. The lowest BCUT2D eigenvalue weighted by Crippen LogP contribution is -2.47. The van der Waals surface area contributed by atoms with Gasteiger partial charge < -0.3 is 24.0 Å². The molecular weight excluding hydrogens is 522 g/mol. The molecule has 0 bridgehead atoms. The number of aryl methyl sites for hydroxylation is 2. The van der Waals surface area contributed by atoms with E-state index < -0.39 is 0 Å². The summed E-state index contributed by atoms with van der Waals surface area (Å²) in [6, 6.07) is 21.6. The zero-order valence-corrected chi connectivity index (χ0v) is 24.7. The van der Waals surface area contributed by atoms with Crippen LogP contribution in [0.3, 0.4) is 0 Å². The number of fused-ring (bicyclic) bond motifs is 5. The number of para-hydroxylation sites is 2. The molecule has 7 heteroatoms. The van der Waals surface area contributed by atoms with Crippen molar-refractivity contribution >= 4 is 39.6 Å².